The van der Waals surface area contributed by atoms with Gasteiger partial charge in [-0.15, -0.1) is 10.2 Å². The molecule has 0 unspecified atom stereocenters. The Labute approximate surface area is 177 Å². The Bertz CT molecular complexity index is 1300. The Morgan fingerprint density at radius 3 is 2.67 bits per heavy atom. The fourth-order valence-corrected chi connectivity index (χ4v) is 4.45. The monoisotopic (exact) mass is 469 g/mol. The number of anilines is 1. The number of rotatable bonds is 6. The van der Waals surface area contributed by atoms with E-state index in [-0.39, 0.29) is 10.9 Å². The van der Waals surface area contributed by atoms with Crippen LogP contribution in [0.25, 0.3) is 11.1 Å². The summed E-state index contributed by atoms with van der Waals surface area (Å²) < 4.78 is 61.4. The molecular weight excluding hydrogens is 460 g/mol. The quantitative estimate of drug-likeness (QED) is 0.431. The van der Waals surface area contributed by atoms with Crippen LogP contribution in [0.1, 0.15) is 0 Å². The first-order chi connectivity index (χ1) is 14.3. The summed E-state index contributed by atoms with van der Waals surface area (Å²) in [6.45, 7) is 0. The highest BCUT2D eigenvalue weighted by Gasteiger charge is 2.24. The zero-order valence-electron chi connectivity index (χ0n) is 14.6. The van der Waals surface area contributed by atoms with Crippen molar-refractivity contribution in [1.82, 2.24) is 20.4 Å². The van der Waals surface area contributed by atoms with Crippen LogP contribution in [0.4, 0.5) is 13.9 Å². The first-order valence-corrected chi connectivity index (χ1v) is 10.8. The minimum Gasteiger partial charge on any atom is -0.454 e. The van der Waals surface area contributed by atoms with E-state index in [1.165, 1.54) is 23.8 Å². The first kappa shape index (κ1) is 20.2. The van der Waals surface area contributed by atoms with Crippen molar-refractivity contribution in [2.75, 3.05) is 4.72 Å². The normalized spacial score (nSPS) is 11.4. The maximum Gasteiger partial charge on any atom is 0.266 e. The van der Waals surface area contributed by atoms with Crippen LogP contribution in [-0.2, 0) is 10.0 Å². The summed E-state index contributed by atoms with van der Waals surface area (Å²) in [6, 6.07) is 5.74. The fourth-order valence-electron chi connectivity index (χ4n) is 2.52. The smallest absolute Gasteiger partial charge is 0.266 e. The van der Waals surface area contributed by atoms with Gasteiger partial charge in [0.05, 0.1) is 6.20 Å². The van der Waals surface area contributed by atoms with Gasteiger partial charge in [0.15, 0.2) is 11.6 Å². The summed E-state index contributed by atoms with van der Waals surface area (Å²) in [5.74, 6) is -2.62. The van der Waals surface area contributed by atoms with Crippen molar-refractivity contribution < 1.29 is 21.9 Å². The van der Waals surface area contributed by atoms with Gasteiger partial charge in [-0.05, 0) is 18.2 Å². The molecule has 4 aromatic rings. The lowest BCUT2D eigenvalue weighted by atomic mass is 10.1. The van der Waals surface area contributed by atoms with Gasteiger partial charge < -0.3 is 4.74 Å². The Morgan fingerprint density at radius 2 is 1.97 bits per heavy atom. The molecule has 30 heavy (non-hydrogen) atoms. The van der Waals surface area contributed by atoms with Gasteiger partial charge in [-0.3, -0.25) is 9.82 Å². The number of ether oxygens (including phenoxy) is 1. The van der Waals surface area contributed by atoms with Crippen molar-refractivity contribution in [2.45, 2.75) is 4.90 Å². The van der Waals surface area contributed by atoms with Crippen molar-refractivity contribution in [3.63, 3.8) is 0 Å². The third kappa shape index (κ3) is 4.10. The molecule has 0 saturated heterocycles. The third-order valence-corrected chi connectivity index (χ3v) is 6.15. The predicted octanol–water partition coefficient (Wildman–Crippen LogP) is 4.45. The minimum absolute atomic E-state index is 0.0824. The largest absolute Gasteiger partial charge is 0.454 e. The van der Waals surface area contributed by atoms with Crippen molar-refractivity contribution in [3.05, 3.63) is 64.9 Å². The van der Waals surface area contributed by atoms with E-state index in [1.54, 1.807) is 12.3 Å². The van der Waals surface area contributed by atoms with E-state index in [1.807, 2.05) is 4.72 Å². The van der Waals surface area contributed by atoms with Crippen LogP contribution in [0.2, 0.25) is 5.02 Å². The number of hydrogen-bond acceptors (Lipinski definition) is 7. The molecule has 0 radical (unpaired) electrons. The van der Waals surface area contributed by atoms with E-state index in [2.05, 4.69) is 20.4 Å². The molecule has 13 heteroatoms. The molecule has 2 N–H and O–H groups in total. The number of sulfonamides is 1. The van der Waals surface area contributed by atoms with Crippen LogP contribution in [0, 0.1) is 11.6 Å². The SMILES string of the molecule is O=S(=O)(Nc1nncs1)c1cc(F)c(Oc2ccc(Cl)cc2-c2cn[nH]c2)cc1F. The maximum absolute atomic E-state index is 14.6. The van der Waals surface area contributed by atoms with E-state index < -0.39 is 32.3 Å². The molecule has 4 rings (SSSR count). The van der Waals surface area contributed by atoms with Gasteiger partial charge in [-0.1, -0.05) is 22.9 Å². The summed E-state index contributed by atoms with van der Waals surface area (Å²) in [5.41, 5.74) is 2.37. The molecule has 2 heterocycles. The highest BCUT2D eigenvalue weighted by atomic mass is 35.5. The minimum atomic E-state index is -4.42. The molecule has 0 spiro atoms. The van der Waals surface area contributed by atoms with Gasteiger partial charge >= 0.3 is 0 Å². The maximum atomic E-state index is 14.6. The Balaban J connectivity index is 1.69. The number of aromatic nitrogens is 4. The number of nitrogens with zero attached hydrogens (tertiary/aromatic N) is 3. The van der Waals surface area contributed by atoms with Crippen molar-refractivity contribution in [3.8, 4) is 22.6 Å². The summed E-state index contributed by atoms with van der Waals surface area (Å²) in [5, 5.41) is 13.8. The molecule has 2 aromatic carbocycles. The van der Waals surface area contributed by atoms with Gasteiger partial charge in [-0.25, -0.2) is 17.2 Å². The van der Waals surface area contributed by atoms with Gasteiger partial charge in [0.2, 0.25) is 5.13 Å². The number of benzene rings is 2. The first-order valence-electron chi connectivity index (χ1n) is 8.08. The topological polar surface area (TPSA) is 110 Å². The van der Waals surface area contributed by atoms with E-state index >= 15 is 0 Å². The van der Waals surface area contributed by atoms with Gasteiger partial charge in [0.1, 0.15) is 22.0 Å². The average molecular weight is 470 g/mol. The zero-order valence-corrected chi connectivity index (χ0v) is 17.0. The lowest BCUT2D eigenvalue weighted by Gasteiger charge is -2.13. The van der Waals surface area contributed by atoms with Gasteiger partial charge in [0, 0.05) is 34.5 Å². The van der Waals surface area contributed by atoms with Crippen molar-refractivity contribution in [1.29, 1.82) is 0 Å². The van der Waals surface area contributed by atoms with Crippen molar-refractivity contribution in [2.24, 2.45) is 0 Å². The second kappa shape index (κ2) is 7.97. The number of nitrogens with one attached hydrogen (secondary N) is 2. The van der Waals surface area contributed by atoms with Crippen LogP contribution >= 0.6 is 22.9 Å². The third-order valence-electron chi connectivity index (χ3n) is 3.83. The fraction of sp³-hybridized carbons (Fsp3) is 0. The molecule has 0 fully saturated rings. The standard InChI is InChI=1S/C17H10ClF2N5O3S2/c18-10-1-2-14(11(3-10)9-6-21-22-7-9)28-15-4-13(20)16(5-12(15)19)30(26,27)25-17-24-23-8-29-17/h1-8H,(H,21,22)(H,24,25). The lowest BCUT2D eigenvalue weighted by Crippen LogP contribution is -2.15. The molecule has 154 valence electrons. The van der Waals surface area contributed by atoms with E-state index in [9.17, 15) is 17.2 Å². The average Bonchev–Trinajstić information content (AvgIpc) is 3.39. The number of H-pyrrole nitrogens is 1. The molecule has 0 saturated carbocycles. The molecule has 8 nitrogen and oxygen atoms in total. The molecule has 0 aliphatic carbocycles. The predicted molar refractivity (Wildman–Crippen MR) is 106 cm³/mol. The lowest BCUT2D eigenvalue weighted by molar-refractivity contribution is 0.433. The zero-order chi connectivity index (χ0) is 21.3. The highest BCUT2D eigenvalue weighted by Crippen LogP contribution is 2.37. The van der Waals surface area contributed by atoms with Crippen LogP contribution < -0.4 is 9.46 Å². The van der Waals surface area contributed by atoms with Gasteiger partial charge in [0.25, 0.3) is 10.0 Å². The number of aromatic amines is 1. The van der Waals surface area contributed by atoms with Gasteiger partial charge in [-0.2, -0.15) is 5.10 Å². The molecule has 0 aliphatic heterocycles. The summed E-state index contributed by atoms with van der Waals surface area (Å²) in [7, 11) is -4.42. The summed E-state index contributed by atoms with van der Waals surface area (Å²) in [4.78, 5) is -0.895. The summed E-state index contributed by atoms with van der Waals surface area (Å²) >= 11 is 6.91. The van der Waals surface area contributed by atoms with Crippen LogP contribution in [0.15, 0.2) is 53.1 Å². The van der Waals surface area contributed by atoms with Crippen molar-refractivity contribution >= 4 is 38.1 Å². The molecule has 0 bridgehead atoms. The van der Waals surface area contributed by atoms with Crippen LogP contribution in [0.3, 0.4) is 0 Å². The molecular formula is C17H10ClF2N5O3S2. The number of hydrogen-bond donors (Lipinski definition) is 2. The second-order valence-corrected chi connectivity index (χ2v) is 8.71. The Kier molecular flexibility index (Phi) is 5.37. The van der Waals surface area contributed by atoms with E-state index in [4.69, 9.17) is 16.3 Å². The van der Waals surface area contributed by atoms with E-state index in [0.29, 0.717) is 28.3 Å². The van der Waals surface area contributed by atoms with Crippen LogP contribution in [-0.4, -0.2) is 28.8 Å². The molecule has 0 atom stereocenters. The second-order valence-electron chi connectivity index (χ2n) is 5.79. The van der Waals surface area contributed by atoms with Crippen LogP contribution in [0.5, 0.6) is 11.5 Å². The number of halogens is 3. The molecule has 0 amide bonds. The molecule has 2 aromatic heterocycles. The Morgan fingerprint density at radius 1 is 1.13 bits per heavy atom. The highest BCUT2D eigenvalue weighted by molar-refractivity contribution is 7.93. The molecule has 0 aliphatic rings. The van der Waals surface area contributed by atoms with E-state index in [0.717, 1.165) is 11.3 Å². The summed E-state index contributed by atoms with van der Waals surface area (Å²) in [6.07, 6.45) is 3.08. The Hall–Kier alpha value is -3.09.